The third-order valence-corrected chi connectivity index (χ3v) is 3.11. The number of hydrogen-bond donors (Lipinski definition) is 2. The fourth-order valence-corrected chi connectivity index (χ4v) is 2.30. The Labute approximate surface area is 114 Å². The molecular weight excluding hydrogens is 296 g/mol. The first-order chi connectivity index (χ1) is 8.63. The van der Waals surface area contributed by atoms with E-state index in [1.165, 1.54) is 0 Å². The summed E-state index contributed by atoms with van der Waals surface area (Å²) < 4.78 is 8.30. The van der Waals surface area contributed by atoms with E-state index >= 15 is 0 Å². The molecule has 4 N–H and O–H groups in total. The Hall–Kier alpha value is -1.53. The molecule has 0 amide bonds. The van der Waals surface area contributed by atoms with Crippen molar-refractivity contribution in [2.45, 2.75) is 0 Å². The molecule has 0 fully saturated rings. The van der Waals surface area contributed by atoms with E-state index in [9.17, 15) is 0 Å². The van der Waals surface area contributed by atoms with Gasteiger partial charge in [0, 0.05) is 24.8 Å². The lowest BCUT2D eigenvalue weighted by molar-refractivity contribution is 0.329. The van der Waals surface area contributed by atoms with Crippen molar-refractivity contribution in [3.8, 4) is 17.0 Å². The Morgan fingerprint density at radius 1 is 1.44 bits per heavy atom. The third-order valence-electron chi connectivity index (χ3n) is 2.53. The van der Waals surface area contributed by atoms with E-state index in [2.05, 4.69) is 21.0 Å². The van der Waals surface area contributed by atoms with Gasteiger partial charge in [-0.3, -0.25) is 4.68 Å². The van der Waals surface area contributed by atoms with Gasteiger partial charge in [-0.1, -0.05) is 0 Å². The van der Waals surface area contributed by atoms with Crippen LogP contribution in [0.15, 0.2) is 28.9 Å². The quantitative estimate of drug-likeness (QED) is 0.844. The number of anilines is 1. The smallest absolute Gasteiger partial charge is 0.128 e. The third kappa shape index (κ3) is 2.49. The molecule has 0 spiro atoms. The highest BCUT2D eigenvalue weighted by atomic mass is 79.9. The Balaban J connectivity index is 2.51. The number of hydrogen-bond acceptors (Lipinski definition) is 4. The molecular formula is C12H15BrN4O. The summed E-state index contributed by atoms with van der Waals surface area (Å²) >= 11 is 3.48. The maximum atomic E-state index is 5.84. The van der Waals surface area contributed by atoms with Gasteiger partial charge in [-0.25, -0.2) is 0 Å². The van der Waals surface area contributed by atoms with Crippen LogP contribution in [-0.2, 0) is 7.05 Å². The number of nitrogen functional groups attached to an aromatic ring is 1. The summed E-state index contributed by atoms with van der Waals surface area (Å²) in [6.45, 7) is 0.933. The van der Waals surface area contributed by atoms with E-state index in [4.69, 9.17) is 16.2 Å². The van der Waals surface area contributed by atoms with Gasteiger partial charge in [0.05, 0.1) is 16.4 Å². The molecule has 0 radical (unpaired) electrons. The minimum Gasteiger partial charge on any atom is -0.492 e. The summed E-state index contributed by atoms with van der Waals surface area (Å²) in [7, 11) is 1.87. The molecule has 2 rings (SSSR count). The van der Waals surface area contributed by atoms with Crippen LogP contribution in [-0.4, -0.2) is 22.9 Å². The zero-order valence-corrected chi connectivity index (χ0v) is 11.6. The number of nitrogens with zero attached hydrogens (tertiary/aromatic N) is 2. The number of aromatic nitrogens is 2. The summed E-state index contributed by atoms with van der Waals surface area (Å²) in [4.78, 5) is 0. The highest BCUT2D eigenvalue weighted by Gasteiger charge is 2.14. The predicted molar refractivity (Wildman–Crippen MR) is 75.3 cm³/mol. The molecule has 0 unspecified atom stereocenters. The monoisotopic (exact) mass is 310 g/mol. The lowest BCUT2D eigenvalue weighted by atomic mass is 10.1. The standard InChI is InChI=1S/C12H15BrN4O/c1-17-12(10(13)7-16-17)9-6-8(15)2-3-11(9)18-5-4-14/h2-3,6-7H,4-5,14-15H2,1H3. The average Bonchev–Trinajstić information content (AvgIpc) is 2.67. The largest absolute Gasteiger partial charge is 0.492 e. The normalized spacial score (nSPS) is 10.6. The number of nitrogens with two attached hydrogens (primary N) is 2. The van der Waals surface area contributed by atoms with E-state index in [0.29, 0.717) is 18.8 Å². The van der Waals surface area contributed by atoms with E-state index in [0.717, 1.165) is 21.5 Å². The molecule has 2 aromatic rings. The van der Waals surface area contributed by atoms with Crippen LogP contribution in [0.1, 0.15) is 0 Å². The van der Waals surface area contributed by atoms with Crippen molar-refractivity contribution in [2.24, 2.45) is 12.8 Å². The van der Waals surface area contributed by atoms with Crippen LogP contribution in [0.4, 0.5) is 5.69 Å². The second kappa shape index (κ2) is 5.41. The van der Waals surface area contributed by atoms with Crippen molar-refractivity contribution in [3.05, 3.63) is 28.9 Å². The molecule has 5 nitrogen and oxygen atoms in total. The first-order valence-corrected chi connectivity index (χ1v) is 6.33. The molecule has 0 bridgehead atoms. The van der Waals surface area contributed by atoms with Gasteiger partial charge in [-0.05, 0) is 34.1 Å². The molecule has 18 heavy (non-hydrogen) atoms. The molecule has 1 aromatic carbocycles. The van der Waals surface area contributed by atoms with Crippen molar-refractivity contribution in [1.29, 1.82) is 0 Å². The molecule has 0 saturated heterocycles. The van der Waals surface area contributed by atoms with Crippen LogP contribution in [0.5, 0.6) is 5.75 Å². The first-order valence-electron chi connectivity index (χ1n) is 5.53. The second-order valence-corrected chi connectivity index (χ2v) is 4.71. The Bertz CT molecular complexity index is 534. The van der Waals surface area contributed by atoms with Gasteiger partial charge in [0.25, 0.3) is 0 Å². The topological polar surface area (TPSA) is 79.1 Å². The van der Waals surface area contributed by atoms with Crippen molar-refractivity contribution in [2.75, 3.05) is 18.9 Å². The fraction of sp³-hybridized carbons (Fsp3) is 0.250. The Morgan fingerprint density at radius 2 is 2.22 bits per heavy atom. The number of halogens is 1. The van der Waals surface area contributed by atoms with E-state index in [1.54, 1.807) is 16.9 Å². The summed E-state index contributed by atoms with van der Waals surface area (Å²) in [5.74, 6) is 0.749. The SMILES string of the molecule is Cn1ncc(Br)c1-c1cc(N)ccc1OCCN. The van der Waals surface area contributed by atoms with E-state index < -0.39 is 0 Å². The summed E-state index contributed by atoms with van der Waals surface area (Å²) in [6, 6.07) is 5.52. The van der Waals surface area contributed by atoms with Crippen molar-refractivity contribution in [3.63, 3.8) is 0 Å². The summed E-state index contributed by atoms with van der Waals surface area (Å²) in [6.07, 6.45) is 1.74. The van der Waals surface area contributed by atoms with E-state index in [-0.39, 0.29) is 0 Å². The van der Waals surface area contributed by atoms with Gasteiger partial charge in [-0.2, -0.15) is 5.10 Å². The van der Waals surface area contributed by atoms with Gasteiger partial charge < -0.3 is 16.2 Å². The molecule has 0 atom stereocenters. The van der Waals surface area contributed by atoms with Gasteiger partial charge in [0.15, 0.2) is 0 Å². The zero-order chi connectivity index (χ0) is 13.1. The van der Waals surface area contributed by atoms with E-state index in [1.807, 2.05) is 19.2 Å². The van der Waals surface area contributed by atoms with Gasteiger partial charge in [-0.15, -0.1) is 0 Å². The van der Waals surface area contributed by atoms with Gasteiger partial charge >= 0.3 is 0 Å². The molecule has 0 aliphatic carbocycles. The Morgan fingerprint density at radius 3 is 2.83 bits per heavy atom. The molecule has 0 aliphatic heterocycles. The number of aryl methyl sites for hydroxylation is 1. The van der Waals surface area contributed by atoms with Crippen molar-refractivity contribution < 1.29 is 4.74 Å². The number of ether oxygens (including phenoxy) is 1. The maximum absolute atomic E-state index is 5.84. The van der Waals surface area contributed by atoms with Crippen LogP contribution >= 0.6 is 15.9 Å². The Kier molecular flexibility index (Phi) is 3.88. The lowest BCUT2D eigenvalue weighted by Crippen LogP contribution is -2.11. The van der Waals surface area contributed by atoms with Crippen LogP contribution < -0.4 is 16.2 Å². The number of rotatable bonds is 4. The summed E-state index contributed by atoms with van der Waals surface area (Å²) in [5.41, 5.74) is 13.8. The average molecular weight is 311 g/mol. The van der Waals surface area contributed by atoms with Gasteiger partial charge in [0.2, 0.25) is 0 Å². The minimum absolute atomic E-state index is 0.465. The molecule has 6 heteroatoms. The molecule has 0 saturated carbocycles. The molecule has 1 heterocycles. The number of benzene rings is 1. The predicted octanol–water partition coefficient (Wildman–Crippen LogP) is 1.77. The van der Waals surface area contributed by atoms with Gasteiger partial charge in [0.1, 0.15) is 12.4 Å². The lowest BCUT2D eigenvalue weighted by Gasteiger charge is -2.12. The van der Waals surface area contributed by atoms with Crippen molar-refractivity contribution in [1.82, 2.24) is 9.78 Å². The zero-order valence-electron chi connectivity index (χ0n) is 10.1. The first kappa shape index (κ1) is 12.9. The van der Waals surface area contributed by atoms with Crippen LogP contribution in [0, 0.1) is 0 Å². The molecule has 1 aromatic heterocycles. The molecule has 96 valence electrons. The van der Waals surface area contributed by atoms with Crippen LogP contribution in [0.2, 0.25) is 0 Å². The fourth-order valence-electron chi connectivity index (χ4n) is 1.74. The second-order valence-electron chi connectivity index (χ2n) is 3.86. The molecule has 0 aliphatic rings. The highest BCUT2D eigenvalue weighted by Crippen LogP contribution is 2.35. The minimum atomic E-state index is 0.465. The summed E-state index contributed by atoms with van der Waals surface area (Å²) in [5, 5.41) is 4.19. The maximum Gasteiger partial charge on any atom is 0.128 e. The van der Waals surface area contributed by atoms with Crippen LogP contribution in [0.3, 0.4) is 0 Å². The van der Waals surface area contributed by atoms with Crippen LogP contribution in [0.25, 0.3) is 11.3 Å². The highest BCUT2D eigenvalue weighted by molar-refractivity contribution is 9.10. The van der Waals surface area contributed by atoms with Crippen molar-refractivity contribution >= 4 is 21.6 Å².